The van der Waals surface area contributed by atoms with Crippen molar-refractivity contribution in [3.8, 4) is 11.5 Å². The van der Waals surface area contributed by atoms with Gasteiger partial charge < -0.3 is 14.2 Å². The van der Waals surface area contributed by atoms with Crippen LogP contribution in [0.1, 0.15) is 0 Å². The van der Waals surface area contributed by atoms with Crippen molar-refractivity contribution in [2.75, 3.05) is 27.9 Å². The lowest BCUT2D eigenvalue weighted by molar-refractivity contribution is -0.134. The van der Waals surface area contributed by atoms with Gasteiger partial charge in [0.15, 0.2) is 0 Å². The third kappa shape index (κ3) is 5.36. The normalized spacial score (nSPS) is 12.6. The summed E-state index contributed by atoms with van der Waals surface area (Å²) < 4.78 is 42.3. The van der Waals surface area contributed by atoms with Crippen LogP contribution in [-0.2, 0) is 19.6 Å². The van der Waals surface area contributed by atoms with E-state index in [1.165, 1.54) is 39.5 Å². The van der Waals surface area contributed by atoms with Crippen molar-refractivity contribution in [2.24, 2.45) is 4.99 Å². The number of ether oxygens (including phenoxy) is 3. The lowest BCUT2D eigenvalue weighted by Crippen LogP contribution is -2.36. The lowest BCUT2D eigenvalue weighted by atomic mass is 10.3. The molecule has 0 aliphatic carbocycles. The molecule has 1 rings (SSSR count). The maximum Gasteiger partial charge on any atom is 0.330 e. The number of esters is 1. The third-order valence-electron chi connectivity index (χ3n) is 2.96. The van der Waals surface area contributed by atoms with Gasteiger partial charge in [-0.2, -0.15) is 0 Å². The number of sulfonamides is 1. The van der Waals surface area contributed by atoms with Gasteiger partial charge in [0.05, 0.1) is 33.9 Å². The van der Waals surface area contributed by atoms with E-state index in [-0.39, 0.29) is 17.2 Å². The molecule has 9 heteroatoms. The molecular weight excluding hydrogens is 336 g/mol. The topological polar surface area (TPSA) is 103 Å². The molecule has 0 spiro atoms. The number of rotatable bonds is 9. The maximum atomic E-state index is 12.6. The van der Waals surface area contributed by atoms with Crippen LogP contribution in [0.3, 0.4) is 0 Å². The van der Waals surface area contributed by atoms with E-state index in [0.717, 1.165) is 6.08 Å². The molecule has 24 heavy (non-hydrogen) atoms. The smallest absolute Gasteiger partial charge is 0.330 e. The number of nitrogens with one attached hydrogen (secondary N) is 1. The fourth-order valence-electron chi connectivity index (χ4n) is 1.80. The van der Waals surface area contributed by atoms with Gasteiger partial charge in [-0.15, -0.1) is 0 Å². The Labute approximate surface area is 141 Å². The standard InChI is InChI=1S/C15H20N2O6S/c1-16-10-11(5-8-15(18)23-4)17-24(19,20)14-9-12(21-2)6-7-13(14)22-3/h5-9,11,17H,1,10H2,2-4H3/b8-5+. The zero-order valence-corrected chi connectivity index (χ0v) is 14.5. The average molecular weight is 356 g/mol. The number of nitrogens with zero attached hydrogens (tertiary/aromatic N) is 1. The van der Waals surface area contributed by atoms with Crippen molar-refractivity contribution in [1.82, 2.24) is 4.72 Å². The Hall–Kier alpha value is -2.39. The molecule has 1 N–H and O–H groups in total. The summed E-state index contributed by atoms with van der Waals surface area (Å²) in [6.07, 6.45) is 2.45. The number of carbonyl (C=O) groups excluding carboxylic acids is 1. The number of hydrogen-bond acceptors (Lipinski definition) is 7. The summed E-state index contributed by atoms with van der Waals surface area (Å²) in [6.45, 7) is 3.37. The Morgan fingerprint density at radius 2 is 2.04 bits per heavy atom. The molecule has 0 amide bonds. The highest BCUT2D eigenvalue weighted by Crippen LogP contribution is 2.28. The molecule has 1 unspecified atom stereocenters. The molecule has 0 aliphatic rings. The zero-order valence-electron chi connectivity index (χ0n) is 13.7. The van der Waals surface area contributed by atoms with Crippen LogP contribution in [0.5, 0.6) is 11.5 Å². The SMILES string of the molecule is C=NCC(/C=C/C(=O)OC)NS(=O)(=O)c1cc(OC)ccc1OC. The van der Waals surface area contributed by atoms with Crippen LogP contribution >= 0.6 is 0 Å². The summed E-state index contributed by atoms with van der Waals surface area (Å²) in [6, 6.07) is 3.63. The Morgan fingerprint density at radius 1 is 1.33 bits per heavy atom. The Bertz CT molecular complexity index is 715. The third-order valence-corrected chi connectivity index (χ3v) is 4.47. The van der Waals surface area contributed by atoms with E-state index < -0.39 is 22.0 Å². The van der Waals surface area contributed by atoms with E-state index in [2.05, 4.69) is 21.2 Å². The number of aliphatic imine (C=N–C) groups is 1. The molecule has 1 aromatic carbocycles. The number of carbonyl (C=O) groups is 1. The Morgan fingerprint density at radius 3 is 2.58 bits per heavy atom. The van der Waals surface area contributed by atoms with Crippen LogP contribution in [0.2, 0.25) is 0 Å². The van der Waals surface area contributed by atoms with Crippen LogP contribution in [0.25, 0.3) is 0 Å². The molecule has 1 aromatic rings. The molecule has 1 atom stereocenters. The van der Waals surface area contributed by atoms with Gasteiger partial charge in [0.1, 0.15) is 16.4 Å². The van der Waals surface area contributed by atoms with Gasteiger partial charge in [0, 0.05) is 12.1 Å². The summed E-state index contributed by atoms with van der Waals surface area (Å²) in [5, 5.41) is 0. The molecule has 132 valence electrons. The summed E-state index contributed by atoms with van der Waals surface area (Å²) in [7, 11) is 0.0508. The van der Waals surface area contributed by atoms with E-state index in [1.54, 1.807) is 6.07 Å². The predicted octanol–water partition coefficient (Wildman–Crippen LogP) is 0.780. The number of benzene rings is 1. The molecule has 0 bridgehead atoms. The van der Waals surface area contributed by atoms with Gasteiger partial charge in [-0.05, 0) is 18.9 Å². The first-order valence-corrected chi connectivity index (χ1v) is 8.29. The number of methoxy groups -OCH3 is 3. The minimum absolute atomic E-state index is 0.0407. The summed E-state index contributed by atoms with van der Waals surface area (Å²) >= 11 is 0. The minimum atomic E-state index is -3.96. The Kier molecular flexibility index (Phi) is 7.40. The van der Waals surface area contributed by atoms with Gasteiger partial charge >= 0.3 is 5.97 Å². The first-order valence-electron chi connectivity index (χ1n) is 6.81. The van der Waals surface area contributed by atoms with Crippen molar-refractivity contribution in [3.05, 3.63) is 30.4 Å². The average Bonchev–Trinajstić information content (AvgIpc) is 2.58. The first-order chi connectivity index (χ1) is 11.4. The van der Waals surface area contributed by atoms with Crippen molar-refractivity contribution in [3.63, 3.8) is 0 Å². The van der Waals surface area contributed by atoms with Crippen molar-refractivity contribution in [1.29, 1.82) is 0 Å². The van der Waals surface area contributed by atoms with Crippen molar-refractivity contribution in [2.45, 2.75) is 10.9 Å². The van der Waals surface area contributed by atoms with E-state index in [1.807, 2.05) is 0 Å². The maximum absolute atomic E-state index is 12.6. The predicted molar refractivity (Wildman–Crippen MR) is 89.2 cm³/mol. The number of hydrogen-bond donors (Lipinski definition) is 1. The molecule has 0 heterocycles. The van der Waals surface area contributed by atoms with Gasteiger partial charge in [0.2, 0.25) is 10.0 Å². The second-order valence-electron chi connectivity index (χ2n) is 4.53. The summed E-state index contributed by atoms with van der Waals surface area (Å²) in [5.41, 5.74) is 0. The molecule has 0 radical (unpaired) electrons. The Balaban J connectivity index is 3.15. The van der Waals surface area contributed by atoms with Crippen LogP contribution < -0.4 is 14.2 Å². The second-order valence-corrected chi connectivity index (χ2v) is 6.22. The molecule has 0 saturated carbocycles. The molecular formula is C15H20N2O6S. The van der Waals surface area contributed by atoms with E-state index in [4.69, 9.17) is 9.47 Å². The fourth-order valence-corrected chi connectivity index (χ4v) is 3.16. The molecule has 0 aromatic heterocycles. The highest BCUT2D eigenvalue weighted by Gasteiger charge is 2.23. The quantitative estimate of drug-likeness (QED) is 0.398. The highest BCUT2D eigenvalue weighted by atomic mass is 32.2. The van der Waals surface area contributed by atoms with Gasteiger partial charge in [-0.1, -0.05) is 6.08 Å². The highest BCUT2D eigenvalue weighted by molar-refractivity contribution is 7.89. The van der Waals surface area contributed by atoms with E-state index in [0.29, 0.717) is 5.75 Å². The van der Waals surface area contributed by atoms with E-state index in [9.17, 15) is 13.2 Å². The van der Waals surface area contributed by atoms with Gasteiger partial charge in [0.25, 0.3) is 0 Å². The van der Waals surface area contributed by atoms with Crippen LogP contribution in [0.4, 0.5) is 0 Å². The first kappa shape index (κ1) is 19.7. The molecule has 0 saturated heterocycles. The van der Waals surface area contributed by atoms with E-state index >= 15 is 0 Å². The minimum Gasteiger partial charge on any atom is -0.497 e. The molecule has 0 aliphatic heterocycles. The van der Waals surface area contributed by atoms with Crippen molar-refractivity contribution < 1.29 is 27.4 Å². The van der Waals surface area contributed by atoms with Gasteiger partial charge in [-0.25, -0.2) is 17.9 Å². The van der Waals surface area contributed by atoms with Crippen molar-refractivity contribution >= 4 is 22.7 Å². The summed E-state index contributed by atoms with van der Waals surface area (Å²) in [4.78, 5) is 14.7. The van der Waals surface area contributed by atoms with Crippen LogP contribution in [0.15, 0.2) is 40.2 Å². The fraction of sp³-hybridized carbons (Fsp3) is 0.333. The monoisotopic (exact) mass is 356 g/mol. The summed E-state index contributed by atoms with van der Waals surface area (Å²) in [5.74, 6) is -0.0903. The molecule has 0 fully saturated rings. The molecule has 8 nitrogen and oxygen atoms in total. The second kappa shape index (κ2) is 9.04. The lowest BCUT2D eigenvalue weighted by Gasteiger charge is -2.16. The van der Waals surface area contributed by atoms with Crippen LogP contribution in [0, 0.1) is 0 Å². The van der Waals surface area contributed by atoms with Crippen LogP contribution in [-0.4, -0.2) is 55.0 Å². The largest absolute Gasteiger partial charge is 0.497 e. The van der Waals surface area contributed by atoms with Gasteiger partial charge in [-0.3, -0.25) is 4.99 Å². The zero-order chi connectivity index (χ0) is 18.2.